The number of aryl methyl sites for hydroxylation is 1. The lowest BCUT2D eigenvalue weighted by molar-refractivity contribution is 0.591. The van der Waals surface area contributed by atoms with Crippen molar-refractivity contribution in [3.05, 3.63) is 18.2 Å². The van der Waals surface area contributed by atoms with E-state index in [-0.39, 0.29) is 5.54 Å². The molecule has 3 nitrogen and oxygen atoms in total. The number of nitrogens with two attached hydrogens (primary N) is 1. The Morgan fingerprint density at radius 3 is 2.77 bits per heavy atom. The van der Waals surface area contributed by atoms with Crippen LogP contribution < -0.4 is 5.73 Å². The zero-order chi connectivity index (χ0) is 9.90. The first-order chi connectivity index (χ1) is 5.99. The minimum absolute atomic E-state index is 0.0801. The molecule has 1 aromatic rings. The van der Waals surface area contributed by atoms with Crippen molar-refractivity contribution < 1.29 is 0 Å². The number of nitrogens with zero attached hydrogens (tertiary/aromatic N) is 2. The van der Waals surface area contributed by atoms with Gasteiger partial charge in [-0.1, -0.05) is 0 Å². The Balaban J connectivity index is 2.32. The molecule has 0 aromatic carbocycles. The molecule has 0 fully saturated rings. The Hall–Kier alpha value is -0.480. The highest BCUT2D eigenvalue weighted by Gasteiger charge is 2.10. The number of rotatable bonds is 4. The molecule has 0 amide bonds. The quantitative estimate of drug-likeness (QED) is 0.797. The van der Waals surface area contributed by atoms with Crippen molar-refractivity contribution in [2.45, 2.75) is 25.1 Å². The molecule has 2 N–H and O–H groups in total. The van der Waals surface area contributed by atoms with Crippen molar-refractivity contribution in [3.63, 3.8) is 0 Å². The number of hydrogen-bond acceptors (Lipinski definition) is 3. The Morgan fingerprint density at radius 2 is 2.31 bits per heavy atom. The molecule has 0 atom stereocenters. The van der Waals surface area contributed by atoms with E-state index in [0.717, 1.165) is 11.5 Å². The van der Waals surface area contributed by atoms with Crippen molar-refractivity contribution in [2.24, 2.45) is 12.8 Å². The van der Waals surface area contributed by atoms with Crippen LogP contribution in [-0.4, -0.2) is 20.8 Å². The van der Waals surface area contributed by atoms with E-state index >= 15 is 0 Å². The van der Waals surface area contributed by atoms with Crippen LogP contribution in [0.4, 0.5) is 0 Å². The molecule has 74 valence electrons. The van der Waals surface area contributed by atoms with Crippen LogP contribution in [-0.2, 0) is 12.8 Å². The summed E-state index contributed by atoms with van der Waals surface area (Å²) >= 11 is 1.85. The summed E-state index contributed by atoms with van der Waals surface area (Å²) in [7, 11) is 2.01. The lowest BCUT2D eigenvalue weighted by atomic mass is 10.1. The predicted octanol–water partition coefficient (Wildman–Crippen LogP) is 1.39. The van der Waals surface area contributed by atoms with Gasteiger partial charge >= 0.3 is 0 Å². The second-order valence-electron chi connectivity index (χ2n) is 3.98. The van der Waals surface area contributed by atoms with Gasteiger partial charge in [-0.05, 0) is 13.8 Å². The van der Waals surface area contributed by atoms with Crippen LogP contribution in [0.25, 0.3) is 0 Å². The second kappa shape index (κ2) is 4.15. The minimum Gasteiger partial charge on any atom is -0.337 e. The maximum absolute atomic E-state index is 5.87. The largest absolute Gasteiger partial charge is 0.337 e. The van der Waals surface area contributed by atoms with Gasteiger partial charge in [0.15, 0.2) is 0 Å². The molecule has 1 aromatic heterocycles. The summed E-state index contributed by atoms with van der Waals surface area (Å²) < 4.78 is 2.04. The summed E-state index contributed by atoms with van der Waals surface area (Å²) in [5, 5.41) is 0. The molecule has 0 unspecified atom stereocenters. The predicted molar refractivity (Wildman–Crippen MR) is 57.6 cm³/mol. The van der Waals surface area contributed by atoms with Crippen LogP contribution in [0.2, 0.25) is 0 Å². The van der Waals surface area contributed by atoms with E-state index in [1.807, 2.05) is 49.7 Å². The highest BCUT2D eigenvalue weighted by molar-refractivity contribution is 7.98. The summed E-state index contributed by atoms with van der Waals surface area (Å²) in [5.41, 5.74) is 7.03. The topological polar surface area (TPSA) is 43.8 Å². The fourth-order valence-electron chi connectivity index (χ4n) is 0.942. The van der Waals surface area contributed by atoms with Crippen molar-refractivity contribution >= 4 is 11.8 Å². The Morgan fingerprint density at radius 1 is 1.62 bits per heavy atom. The number of thioether (sulfide) groups is 1. The van der Waals surface area contributed by atoms with Gasteiger partial charge in [0.1, 0.15) is 0 Å². The normalized spacial score (nSPS) is 12.0. The van der Waals surface area contributed by atoms with E-state index in [4.69, 9.17) is 5.73 Å². The smallest absolute Gasteiger partial charge is 0.0945 e. The SMILES string of the molecule is Cn1cncc1CSCC(C)(C)N. The minimum atomic E-state index is -0.0801. The van der Waals surface area contributed by atoms with Crippen LogP contribution in [0.15, 0.2) is 12.5 Å². The van der Waals surface area contributed by atoms with Crippen molar-refractivity contribution in [2.75, 3.05) is 5.75 Å². The van der Waals surface area contributed by atoms with Crippen LogP contribution in [0, 0.1) is 0 Å². The van der Waals surface area contributed by atoms with Gasteiger partial charge in [0.2, 0.25) is 0 Å². The fourth-order valence-corrected chi connectivity index (χ4v) is 2.06. The van der Waals surface area contributed by atoms with Gasteiger partial charge in [-0.25, -0.2) is 4.98 Å². The van der Waals surface area contributed by atoms with Crippen molar-refractivity contribution in [1.29, 1.82) is 0 Å². The van der Waals surface area contributed by atoms with Gasteiger partial charge in [-0.15, -0.1) is 0 Å². The zero-order valence-corrected chi connectivity index (χ0v) is 9.27. The van der Waals surface area contributed by atoms with Crippen LogP contribution in [0.5, 0.6) is 0 Å². The maximum Gasteiger partial charge on any atom is 0.0945 e. The molecular weight excluding hydrogens is 182 g/mol. The molecule has 0 aliphatic heterocycles. The summed E-state index contributed by atoms with van der Waals surface area (Å²) in [5.74, 6) is 1.95. The number of imidazole rings is 1. The van der Waals surface area contributed by atoms with Crippen LogP contribution in [0.3, 0.4) is 0 Å². The van der Waals surface area contributed by atoms with E-state index in [0.29, 0.717) is 0 Å². The zero-order valence-electron chi connectivity index (χ0n) is 8.45. The highest BCUT2D eigenvalue weighted by atomic mass is 32.2. The van der Waals surface area contributed by atoms with E-state index in [2.05, 4.69) is 4.98 Å². The average Bonchev–Trinajstić information content (AvgIpc) is 2.34. The number of hydrogen-bond donors (Lipinski definition) is 1. The van der Waals surface area contributed by atoms with E-state index in [1.54, 1.807) is 0 Å². The van der Waals surface area contributed by atoms with E-state index in [1.165, 1.54) is 5.69 Å². The first-order valence-electron chi connectivity index (χ1n) is 4.31. The average molecular weight is 199 g/mol. The molecule has 0 aliphatic carbocycles. The molecular formula is C9H17N3S. The first kappa shape index (κ1) is 10.6. The fraction of sp³-hybridized carbons (Fsp3) is 0.667. The van der Waals surface area contributed by atoms with Crippen LogP contribution in [0.1, 0.15) is 19.5 Å². The van der Waals surface area contributed by atoms with E-state index < -0.39 is 0 Å². The number of aromatic nitrogens is 2. The third-order valence-electron chi connectivity index (χ3n) is 1.64. The van der Waals surface area contributed by atoms with Gasteiger partial charge in [0.25, 0.3) is 0 Å². The molecule has 0 bridgehead atoms. The lowest BCUT2D eigenvalue weighted by Gasteiger charge is -2.17. The molecule has 0 radical (unpaired) electrons. The molecule has 0 saturated carbocycles. The van der Waals surface area contributed by atoms with E-state index in [9.17, 15) is 0 Å². The Bertz CT molecular complexity index is 262. The maximum atomic E-state index is 5.87. The summed E-state index contributed by atoms with van der Waals surface area (Å²) in [6.45, 7) is 4.09. The standard InChI is InChI=1S/C9H17N3S/c1-9(2,10)6-13-5-8-4-11-7-12(8)3/h4,7H,5-6,10H2,1-3H3. The monoisotopic (exact) mass is 199 g/mol. The molecule has 4 heteroatoms. The van der Waals surface area contributed by atoms with Crippen molar-refractivity contribution in [1.82, 2.24) is 9.55 Å². The van der Waals surface area contributed by atoms with Gasteiger partial charge < -0.3 is 10.3 Å². The summed E-state index contributed by atoms with van der Waals surface area (Å²) in [6.07, 6.45) is 3.72. The van der Waals surface area contributed by atoms with Gasteiger partial charge in [0, 0.05) is 36.0 Å². The first-order valence-corrected chi connectivity index (χ1v) is 5.46. The second-order valence-corrected chi connectivity index (χ2v) is 4.96. The van der Waals surface area contributed by atoms with Crippen LogP contribution >= 0.6 is 11.8 Å². The Labute approximate surface area is 83.7 Å². The van der Waals surface area contributed by atoms with Gasteiger partial charge in [0.05, 0.1) is 6.33 Å². The van der Waals surface area contributed by atoms with Gasteiger partial charge in [-0.2, -0.15) is 11.8 Å². The molecule has 1 heterocycles. The van der Waals surface area contributed by atoms with Crippen molar-refractivity contribution in [3.8, 4) is 0 Å². The summed E-state index contributed by atoms with van der Waals surface area (Å²) in [6, 6.07) is 0. The highest BCUT2D eigenvalue weighted by Crippen LogP contribution is 2.15. The summed E-state index contributed by atoms with van der Waals surface area (Å²) in [4.78, 5) is 4.06. The molecule has 0 spiro atoms. The third-order valence-corrected chi connectivity index (χ3v) is 3.09. The molecule has 1 rings (SSSR count). The third kappa shape index (κ3) is 3.83. The molecule has 13 heavy (non-hydrogen) atoms. The lowest BCUT2D eigenvalue weighted by Crippen LogP contribution is -2.34. The Kier molecular flexibility index (Phi) is 3.39. The molecule has 0 saturated heterocycles. The van der Waals surface area contributed by atoms with Gasteiger partial charge in [-0.3, -0.25) is 0 Å². The molecule has 0 aliphatic rings.